The number of aromatic nitrogens is 1. The van der Waals surface area contributed by atoms with E-state index in [-0.39, 0.29) is 12.1 Å². The summed E-state index contributed by atoms with van der Waals surface area (Å²) in [6, 6.07) is 25.4. The molecule has 0 spiro atoms. The average Bonchev–Trinajstić information content (AvgIpc) is 3.19. The van der Waals surface area contributed by atoms with E-state index in [1.54, 1.807) is 47.7 Å². The molecule has 0 aliphatic heterocycles. The maximum Gasteiger partial charge on any atom is 0.323 e. The smallest absolute Gasteiger partial charge is 0.323 e. The fourth-order valence-electron chi connectivity index (χ4n) is 3.21. The summed E-state index contributed by atoms with van der Waals surface area (Å²) >= 11 is 1.56. The number of carbonyl (C=O) groups is 2. The first-order valence-corrected chi connectivity index (χ1v) is 11.2. The highest BCUT2D eigenvalue weighted by molar-refractivity contribution is 7.12. The molecule has 0 saturated heterocycles. The number of nitrogens with one attached hydrogen (secondary N) is 4. The molecule has 0 bridgehead atoms. The molecule has 0 aliphatic rings. The molecular formula is C25H23N5O2S. The van der Waals surface area contributed by atoms with E-state index < -0.39 is 0 Å². The van der Waals surface area contributed by atoms with E-state index in [0.717, 1.165) is 21.1 Å². The summed E-state index contributed by atoms with van der Waals surface area (Å²) in [6.07, 6.45) is 0. The van der Waals surface area contributed by atoms with E-state index >= 15 is 0 Å². The summed E-state index contributed by atoms with van der Waals surface area (Å²) in [5.41, 5.74) is 3.80. The largest absolute Gasteiger partial charge is 0.331 e. The second-order valence-electron chi connectivity index (χ2n) is 7.21. The lowest BCUT2D eigenvalue weighted by Crippen LogP contribution is -2.28. The van der Waals surface area contributed by atoms with Gasteiger partial charge in [0.2, 0.25) is 0 Å². The summed E-state index contributed by atoms with van der Waals surface area (Å²) in [5.74, 6) is 0. The van der Waals surface area contributed by atoms with Gasteiger partial charge in [-0.2, -0.15) is 0 Å². The zero-order valence-corrected chi connectivity index (χ0v) is 18.8. The lowest BCUT2D eigenvalue weighted by atomic mass is 10.1. The molecule has 0 atom stereocenters. The van der Waals surface area contributed by atoms with E-state index in [1.165, 1.54) is 0 Å². The molecule has 0 saturated carbocycles. The SMILES string of the molecule is Cc1sc(CNC(=O)Nc2cccc(NC(=O)Nc3ccccc3)c2)nc1-c1ccccc1. The fourth-order valence-corrected chi connectivity index (χ4v) is 4.11. The Labute approximate surface area is 195 Å². The standard InChI is InChI=1S/C25H23N5O2S/c1-17-23(18-9-4-2-5-10-18)30-22(33-17)16-26-24(31)28-20-13-8-14-21(15-20)29-25(32)27-19-11-6-3-7-12-19/h2-15H,16H2,1H3,(H2,26,28,31)(H2,27,29,32). The molecule has 0 aliphatic carbocycles. The van der Waals surface area contributed by atoms with Crippen molar-refractivity contribution in [3.8, 4) is 11.3 Å². The maximum atomic E-state index is 12.4. The van der Waals surface area contributed by atoms with E-state index in [4.69, 9.17) is 0 Å². The molecule has 0 radical (unpaired) electrons. The van der Waals surface area contributed by atoms with Gasteiger partial charge in [0.1, 0.15) is 5.01 Å². The topological polar surface area (TPSA) is 95.2 Å². The van der Waals surface area contributed by atoms with Crippen LogP contribution in [-0.4, -0.2) is 17.0 Å². The quantitative estimate of drug-likeness (QED) is 0.282. The van der Waals surface area contributed by atoms with Gasteiger partial charge in [0.25, 0.3) is 0 Å². The van der Waals surface area contributed by atoms with Crippen LogP contribution >= 0.6 is 11.3 Å². The average molecular weight is 458 g/mol. The number of hydrogen-bond acceptors (Lipinski definition) is 4. The number of aryl methyl sites for hydroxylation is 1. The third-order valence-corrected chi connectivity index (χ3v) is 5.67. The number of carbonyl (C=O) groups excluding carboxylic acids is 2. The van der Waals surface area contributed by atoms with Crippen LogP contribution in [0.15, 0.2) is 84.9 Å². The van der Waals surface area contributed by atoms with Crippen molar-refractivity contribution < 1.29 is 9.59 Å². The normalized spacial score (nSPS) is 10.3. The molecule has 0 fully saturated rings. The lowest BCUT2D eigenvalue weighted by molar-refractivity contribution is 0.251. The zero-order chi connectivity index (χ0) is 23.0. The van der Waals surface area contributed by atoms with E-state index in [0.29, 0.717) is 23.6 Å². The molecule has 3 aromatic carbocycles. The monoisotopic (exact) mass is 457 g/mol. The highest BCUT2D eigenvalue weighted by atomic mass is 32.1. The van der Waals surface area contributed by atoms with Crippen molar-refractivity contribution in [2.75, 3.05) is 16.0 Å². The Bertz CT molecular complexity index is 1240. The maximum absolute atomic E-state index is 12.4. The number of thiazole rings is 1. The van der Waals surface area contributed by atoms with Crippen LogP contribution in [0.5, 0.6) is 0 Å². The van der Waals surface area contributed by atoms with Gasteiger partial charge >= 0.3 is 12.1 Å². The summed E-state index contributed by atoms with van der Waals surface area (Å²) < 4.78 is 0. The Hall–Kier alpha value is -4.17. The van der Waals surface area contributed by atoms with E-state index in [1.807, 2.05) is 55.5 Å². The van der Waals surface area contributed by atoms with Crippen molar-refractivity contribution >= 4 is 40.5 Å². The lowest BCUT2D eigenvalue weighted by Gasteiger charge is -2.10. The van der Waals surface area contributed by atoms with Crippen LogP contribution in [0.3, 0.4) is 0 Å². The molecule has 1 aromatic heterocycles. The van der Waals surface area contributed by atoms with Gasteiger partial charge < -0.3 is 21.3 Å². The molecular weight excluding hydrogens is 434 g/mol. The molecule has 4 aromatic rings. The van der Waals surface area contributed by atoms with E-state index in [2.05, 4.69) is 26.3 Å². The van der Waals surface area contributed by atoms with Gasteiger partial charge in [0.15, 0.2) is 0 Å². The number of para-hydroxylation sites is 1. The summed E-state index contributed by atoms with van der Waals surface area (Å²) in [5, 5.41) is 12.0. The first-order chi connectivity index (χ1) is 16.1. The van der Waals surface area contributed by atoms with Gasteiger partial charge in [-0.3, -0.25) is 0 Å². The molecule has 8 heteroatoms. The van der Waals surface area contributed by atoms with Crippen LogP contribution in [0, 0.1) is 6.92 Å². The predicted octanol–water partition coefficient (Wildman–Crippen LogP) is 6.08. The second kappa shape index (κ2) is 10.4. The van der Waals surface area contributed by atoms with Crippen molar-refractivity contribution in [2.45, 2.75) is 13.5 Å². The fraction of sp³-hybridized carbons (Fsp3) is 0.0800. The van der Waals surface area contributed by atoms with Crippen molar-refractivity contribution in [1.29, 1.82) is 0 Å². The van der Waals surface area contributed by atoms with Gasteiger partial charge in [0.05, 0.1) is 12.2 Å². The molecule has 4 rings (SSSR count). The summed E-state index contributed by atoms with van der Waals surface area (Å²) in [4.78, 5) is 30.3. The van der Waals surface area contributed by atoms with Gasteiger partial charge in [-0.25, -0.2) is 14.6 Å². The third kappa shape index (κ3) is 6.18. The molecule has 1 heterocycles. The van der Waals surface area contributed by atoms with E-state index in [9.17, 15) is 9.59 Å². The minimum Gasteiger partial charge on any atom is -0.331 e. The Kier molecular flexibility index (Phi) is 6.96. The number of urea groups is 2. The highest BCUT2D eigenvalue weighted by Crippen LogP contribution is 2.27. The van der Waals surface area contributed by atoms with Crippen LogP contribution in [0.4, 0.5) is 26.7 Å². The Morgan fingerprint density at radius 2 is 1.33 bits per heavy atom. The minimum atomic E-state index is -0.365. The number of amides is 4. The Morgan fingerprint density at radius 1 is 0.758 bits per heavy atom. The second-order valence-corrected chi connectivity index (χ2v) is 8.50. The zero-order valence-electron chi connectivity index (χ0n) is 18.0. The first kappa shape index (κ1) is 22.0. The van der Waals surface area contributed by atoms with Gasteiger partial charge in [0, 0.05) is 27.5 Å². The number of anilines is 3. The molecule has 0 unspecified atom stereocenters. The van der Waals surface area contributed by atoms with Crippen LogP contribution in [0.1, 0.15) is 9.88 Å². The van der Waals surface area contributed by atoms with Gasteiger partial charge in [-0.05, 0) is 37.3 Å². The van der Waals surface area contributed by atoms with Crippen LogP contribution in [0.25, 0.3) is 11.3 Å². The molecule has 166 valence electrons. The van der Waals surface area contributed by atoms with Gasteiger partial charge in [-0.15, -0.1) is 11.3 Å². The number of hydrogen-bond donors (Lipinski definition) is 4. The van der Waals surface area contributed by atoms with Crippen molar-refractivity contribution in [1.82, 2.24) is 10.3 Å². The van der Waals surface area contributed by atoms with Gasteiger partial charge in [-0.1, -0.05) is 54.6 Å². The minimum absolute atomic E-state index is 0.321. The molecule has 4 N–H and O–H groups in total. The van der Waals surface area contributed by atoms with Crippen molar-refractivity contribution in [3.05, 3.63) is 94.8 Å². The van der Waals surface area contributed by atoms with Crippen LogP contribution in [0.2, 0.25) is 0 Å². The molecule has 4 amide bonds. The van der Waals surface area contributed by atoms with Crippen LogP contribution < -0.4 is 21.3 Å². The number of benzene rings is 3. The summed E-state index contributed by atoms with van der Waals surface area (Å²) in [6.45, 7) is 2.34. The number of rotatable bonds is 6. The third-order valence-electron chi connectivity index (χ3n) is 4.70. The Balaban J connectivity index is 1.31. The van der Waals surface area contributed by atoms with Crippen LogP contribution in [-0.2, 0) is 6.54 Å². The highest BCUT2D eigenvalue weighted by Gasteiger charge is 2.11. The summed E-state index contributed by atoms with van der Waals surface area (Å²) in [7, 11) is 0. The van der Waals surface area contributed by atoms with Crippen molar-refractivity contribution in [2.24, 2.45) is 0 Å². The predicted molar refractivity (Wildman–Crippen MR) is 134 cm³/mol. The molecule has 33 heavy (non-hydrogen) atoms. The molecule has 7 nitrogen and oxygen atoms in total. The number of nitrogens with zero attached hydrogens (tertiary/aromatic N) is 1. The van der Waals surface area contributed by atoms with Crippen molar-refractivity contribution in [3.63, 3.8) is 0 Å². The first-order valence-electron chi connectivity index (χ1n) is 10.4. The Morgan fingerprint density at radius 3 is 2.03 bits per heavy atom.